The molecule has 0 saturated carbocycles. The van der Waals surface area contributed by atoms with Crippen molar-refractivity contribution in [3.05, 3.63) is 36.8 Å². The third kappa shape index (κ3) is 1.55. The van der Waals surface area contributed by atoms with Gasteiger partial charge in [-0.25, -0.2) is 15.0 Å². The lowest BCUT2D eigenvalue weighted by molar-refractivity contribution is 1.12. The first-order valence-electron chi connectivity index (χ1n) is 5.52. The zero-order chi connectivity index (χ0) is 12.5. The lowest BCUT2D eigenvalue weighted by Gasteiger charge is -2.04. The number of nitrogens with zero attached hydrogens (tertiary/aromatic N) is 4. The molecule has 0 fully saturated rings. The molecule has 90 valence electrons. The highest BCUT2D eigenvalue weighted by Gasteiger charge is 2.10. The zero-order valence-corrected chi connectivity index (χ0v) is 9.83. The monoisotopic (exact) mass is 240 g/mol. The molecule has 3 heterocycles. The van der Waals surface area contributed by atoms with E-state index in [0.717, 1.165) is 22.9 Å². The number of rotatable bonds is 2. The number of imidazole rings is 1. The zero-order valence-electron chi connectivity index (χ0n) is 9.83. The lowest BCUT2D eigenvalue weighted by Crippen LogP contribution is -1.98. The summed E-state index contributed by atoms with van der Waals surface area (Å²) in [5, 5.41) is 3.01. The van der Waals surface area contributed by atoms with Gasteiger partial charge in [0.05, 0.1) is 17.6 Å². The van der Waals surface area contributed by atoms with Crippen LogP contribution in [0.5, 0.6) is 0 Å². The van der Waals surface area contributed by atoms with E-state index < -0.39 is 0 Å². The van der Waals surface area contributed by atoms with E-state index in [4.69, 9.17) is 5.73 Å². The molecule has 3 rings (SSSR count). The fourth-order valence-electron chi connectivity index (χ4n) is 1.88. The summed E-state index contributed by atoms with van der Waals surface area (Å²) in [5.74, 6) is 1.22. The van der Waals surface area contributed by atoms with Crippen LogP contribution < -0.4 is 11.1 Å². The number of nitrogens with two attached hydrogens (primary N) is 1. The van der Waals surface area contributed by atoms with Crippen LogP contribution >= 0.6 is 0 Å². The molecule has 0 aliphatic rings. The number of anilines is 2. The van der Waals surface area contributed by atoms with Gasteiger partial charge in [-0.2, -0.15) is 0 Å². The summed E-state index contributed by atoms with van der Waals surface area (Å²) in [7, 11) is 1.81. The van der Waals surface area contributed by atoms with Crippen molar-refractivity contribution in [2.45, 2.75) is 0 Å². The van der Waals surface area contributed by atoms with Crippen molar-refractivity contribution in [1.29, 1.82) is 0 Å². The van der Waals surface area contributed by atoms with Crippen molar-refractivity contribution in [3.63, 3.8) is 0 Å². The minimum Gasteiger partial charge on any atom is -0.384 e. The minimum absolute atomic E-state index is 0.491. The van der Waals surface area contributed by atoms with Crippen molar-refractivity contribution in [2.24, 2.45) is 0 Å². The smallest absolute Gasteiger partial charge is 0.180 e. The van der Waals surface area contributed by atoms with Crippen molar-refractivity contribution < 1.29 is 0 Å². The highest BCUT2D eigenvalue weighted by molar-refractivity contribution is 5.69. The van der Waals surface area contributed by atoms with Crippen LogP contribution in [0.3, 0.4) is 0 Å². The quantitative estimate of drug-likeness (QED) is 0.708. The normalized spacial score (nSPS) is 10.7. The van der Waals surface area contributed by atoms with E-state index in [-0.39, 0.29) is 0 Å². The van der Waals surface area contributed by atoms with Gasteiger partial charge in [0.1, 0.15) is 5.82 Å². The molecule has 0 saturated heterocycles. The number of pyridine rings is 1. The molecule has 6 heteroatoms. The minimum atomic E-state index is 0.491. The molecule has 0 aliphatic heterocycles. The number of fused-ring (bicyclic) bond motifs is 1. The fraction of sp³-hybridized carbons (Fsp3) is 0.0833. The maximum atomic E-state index is 5.70. The predicted molar refractivity (Wildman–Crippen MR) is 70.2 cm³/mol. The first-order valence-corrected chi connectivity index (χ1v) is 5.52. The van der Waals surface area contributed by atoms with E-state index in [1.54, 1.807) is 18.5 Å². The van der Waals surface area contributed by atoms with Gasteiger partial charge in [-0.1, -0.05) is 6.07 Å². The van der Waals surface area contributed by atoms with Gasteiger partial charge in [0.25, 0.3) is 0 Å². The molecule has 0 unspecified atom stereocenters. The Labute approximate surface area is 104 Å². The summed E-state index contributed by atoms with van der Waals surface area (Å²) in [6.45, 7) is 0. The standard InChI is InChI=1S/C12H12N6/c1-14-11-12-16-7-9(18(12)6-5-15-11)8-3-2-4-10(13)17-8/h2-7H,1H3,(H2,13,17)(H,14,15). The number of nitrogens with one attached hydrogen (secondary N) is 1. The molecule has 0 aromatic carbocycles. The van der Waals surface area contributed by atoms with Gasteiger partial charge in [0.2, 0.25) is 0 Å². The molecule has 0 aliphatic carbocycles. The first-order chi connectivity index (χ1) is 8.79. The van der Waals surface area contributed by atoms with Crippen LogP contribution in [-0.4, -0.2) is 26.4 Å². The highest BCUT2D eigenvalue weighted by Crippen LogP contribution is 2.22. The number of hydrogen-bond donors (Lipinski definition) is 2. The summed E-state index contributed by atoms with van der Waals surface area (Å²) in [6, 6.07) is 5.53. The van der Waals surface area contributed by atoms with Crippen LogP contribution in [0.4, 0.5) is 11.6 Å². The van der Waals surface area contributed by atoms with Gasteiger partial charge < -0.3 is 11.1 Å². The number of aromatic nitrogens is 4. The van der Waals surface area contributed by atoms with Gasteiger partial charge in [-0.05, 0) is 12.1 Å². The number of nitrogen functional groups attached to an aromatic ring is 1. The summed E-state index contributed by atoms with van der Waals surface area (Å²) in [5.41, 5.74) is 8.14. The largest absolute Gasteiger partial charge is 0.384 e. The van der Waals surface area contributed by atoms with E-state index >= 15 is 0 Å². The maximum Gasteiger partial charge on any atom is 0.180 e. The second-order valence-corrected chi connectivity index (χ2v) is 3.81. The SMILES string of the molecule is CNc1nccn2c(-c3cccc(N)n3)cnc12. The van der Waals surface area contributed by atoms with Crippen molar-refractivity contribution in [1.82, 2.24) is 19.4 Å². The summed E-state index contributed by atoms with van der Waals surface area (Å²) < 4.78 is 1.93. The molecular formula is C12H12N6. The van der Waals surface area contributed by atoms with Crippen LogP contribution in [0.25, 0.3) is 17.0 Å². The van der Waals surface area contributed by atoms with E-state index in [9.17, 15) is 0 Å². The summed E-state index contributed by atoms with van der Waals surface area (Å²) in [4.78, 5) is 12.9. The Hall–Kier alpha value is -2.63. The van der Waals surface area contributed by atoms with Crippen molar-refractivity contribution in [3.8, 4) is 11.4 Å². The fourth-order valence-corrected chi connectivity index (χ4v) is 1.88. The van der Waals surface area contributed by atoms with Crippen molar-refractivity contribution >= 4 is 17.3 Å². The van der Waals surface area contributed by atoms with E-state index in [2.05, 4.69) is 20.3 Å². The van der Waals surface area contributed by atoms with Crippen LogP contribution in [0, 0.1) is 0 Å². The Morgan fingerprint density at radius 2 is 2.17 bits per heavy atom. The molecule has 0 spiro atoms. The molecule has 0 atom stereocenters. The third-order valence-electron chi connectivity index (χ3n) is 2.70. The molecular weight excluding hydrogens is 228 g/mol. The van der Waals surface area contributed by atoms with Gasteiger partial charge in [-0.15, -0.1) is 0 Å². The Balaban J connectivity index is 2.25. The third-order valence-corrected chi connectivity index (χ3v) is 2.70. The Kier molecular flexibility index (Phi) is 2.33. The second-order valence-electron chi connectivity index (χ2n) is 3.81. The molecule has 3 N–H and O–H groups in total. The van der Waals surface area contributed by atoms with Crippen molar-refractivity contribution in [2.75, 3.05) is 18.1 Å². The Morgan fingerprint density at radius 1 is 1.28 bits per heavy atom. The Bertz CT molecular complexity index is 703. The van der Waals surface area contributed by atoms with E-state index in [1.165, 1.54) is 0 Å². The molecule has 3 aromatic heterocycles. The summed E-state index contributed by atoms with van der Waals surface area (Å²) >= 11 is 0. The lowest BCUT2D eigenvalue weighted by atomic mass is 10.3. The van der Waals surface area contributed by atoms with E-state index in [0.29, 0.717) is 5.82 Å². The topological polar surface area (TPSA) is 81.1 Å². The van der Waals surface area contributed by atoms with Crippen LogP contribution in [-0.2, 0) is 0 Å². The summed E-state index contributed by atoms with van der Waals surface area (Å²) in [6.07, 6.45) is 5.33. The van der Waals surface area contributed by atoms with Crippen LogP contribution in [0.2, 0.25) is 0 Å². The Morgan fingerprint density at radius 3 is 2.94 bits per heavy atom. The van der Waals surface area contributed by atoms with Gasteiger partial charge in [0.15, 0.2) is 11.5 Å². The molecule has 0 radical (unpaired) electrons. The van der Waals surface area contributed by atoms with Crippen LogP contribution in [0.15, 0.2) is 36.8 Å². The molecule has 0 bridgehead atoms. The van der Waals surface area contributed by atoms with Crippen LogP contribution in [0.1, 0.15) is 0 Å². The average Bonchev–Trinajstić information content (AvgIpc) is 2.82. The van der Waals surface area contributed by atoms with Gasteiger partial charge in [-0.3, -0.25) is 4.40 Å². The van der Waals surface area contributed by atoms with Gasteiger partial charge >= 0.3 is 0 Å². The maximum absolute atomic E-state index is 5.70. The van der Waals surface area contributed by atoms with E-state index in [1.807, 2.05) is 29.8 Å². The predicted octanol–water partition coefficient (Wildman–Crippen LogP) is 1.42. The average molecular weight is 240 g/mol. The first kappa shape index (κ1) is 10.5. The molecule has 18 heavy (non-hydrogen) atoms. The van der Waals surface area contributed by atoms with Gasteiger partial charge in [0, 0.05) is 19.4 Å². The molecule has 3 aromatic rings. The molecule has 6 nitrogen and oxygen atoms in total. The molecule has 0 amide bonds. The second kappa shape index (κ2) is 3.99. The highest BCUT2D eigenvalue weighted by atomic mass is 15.1. The number of hydrogen-bond acceptors (Lipinski definition) is 5.